The molecule has 5 heteroatoms. The predicted octanol–water partition coefficient (Wildman–Crippen LogP) is 2.71. The molecule has 0 spiro atoms. The summed E-state index contributed by atoms with van der Waals surface area (Å²) >= 11 is 0. The van der Waals surface area contributed by atoms with Crippen LogP contribution in [0.1, 0.15) is 39.6 Å². The van der Waals surface area contributed by atoms with E-state index in [0.717, 1.165) is 16.8 Å². The highest BCUT2D eigenvalue weighted by molar-refractivity contribution is 5.98. The van der Waals surface area contributed by atoms with Crippen LogP contribution in [0.3, 0.4) is 0 Å². The maximum atomic E-state index is 12.2. The summed E-state index contributed by atoms with van der Waals surface area (Å²) in [5, 5.41) is 13.5. The predicted molar refractivity (Wildman–Crippen MR) is 78.5 cm³/mol. The van der Waals surface area contributed by atoms with E-state index in [1.54, 1.807) is 18.3 Å². The summed E-state index contributed by atoms with van der Waals surface area (Å²) in [6, 6.07) is 6.13. The van der Waals surface area contributed by atoms with Gasteiger partial charge in [-0.3, -0.25) is 9.48 Å². The van der Waals surface area contributed by atoms with Crippen LogP contribution in [0, 0.1) is 20.8 Å². The number of carboxylic acid groups (broad SMARTS) is 1. The first-order valence-electron chi connectivity index (χ1n) is 6.73. The molecule has 0 amide bonds. The molecule has 0 radical (unpaired) electrons. The van der Waals surface area contributed by atoms with E-state index in [1.165, 1.54) is 4.68 Å². The quantitative estimate of drug-likeness (QED) is 0.858. The van der Waals surface area contributed by atoms with E-state index >= 15 is 0 Å². The van der Waals surface area contributed by atoms with Crippen LogP contribution in [0.15, 0.2) is 30.5 Å². The number of aromatic nitrogens is 2. The molecule has 0 aliphatic carbocycles. The molecule has 5 nitrogen and oxygen atoms in total. The second-order valence-electron chi connectivity index (χ2n) is 5.22. The Hall–Kier alpha value is -2.43. The molecule has 1 aromatic carbocycles. The molecular formula is C16H18N2O3. The number of carbonyl (C=O) groups is 2. The topological polar surface area (TPSA) is 72.2 Å². The maximum Gasteiger partial charge on any atom is 0.328 e. The van der Waals surface area contributed by atoms with Gasteiger partial charge in [-0.1, -0.05) is 29.8 Å². The number of rotatable bonds is 5. The number of aryl methyl sites for hydroxylation is 3. The van der Waals surface area contributed by atoms with Gasteiger partial charge < -0.3 is 5.11 Å². The van der Waals surface area contributed by atoms with Crippen LogP contribution in [0.5, 0.6) is 0 Å². The zero-order valence-corrected chi connectivity index (χ0v) is 12.3. The third-order valence-electron chi connectivity index (χ3n) is 3.52. The highest BCUT2D eigenvalue weighted by Gasteiger charge is 2.25. The van der Waals surface area contributed by atoms with Crippen molar-refractivity contribution in [1.29, 1.82) is 0 Å². The number of carboxylic acids is 1. The molecule has 2 aromatic rings. The lowest BCUT2D eigenvalue weighted by Crippen LogP contribution is -2.23. The molecule has 1 heterocycles. The van der Waals surface area contributed by atoms with Crippen LogP contribution in [0.25, 0.3) is 0 Å². The van der Waals surface area contributed by atoms with Crippen molar-refractivity contribution in [2.75, 3.05) is 0 Å². The Labute approximate surface area is 123 Å². The molecule has 0 saturated heterocycles. The third kappa shape index (κ3) is 3.37. The Balaban J connectivity index is 2.22. The first-order valence-corrected chi connectivity index (χ1v) is 6.73. The Morgan fingerprint density at radius 3 is 2.29 bits per heavy atom. The number of hydrogen-bond donors (Lipinski definition) is 1. The summed E-state index contributed by atoms with van der Waals surface area (Å²) in [6.45, 7) is 5.61. The van der Waals surface area contributed by atoms with Gasteiger partial charge in [0.05, 0.1) is 5.69 Å². The van der Waals surface area contributed by atoms with E-state index < -0.39 is 12.0 Å². The number of ketones is 1. The third-order valence-corrected chi connectivity index (χ3v) is 3.52. The van der Waals surface area contributed by atoms with Crippen LogP contribution in [0.2, 0.25) is 0 Å². The van der Waals surface area contributed by atoms with E-state index in [4.69, 9.17) is 0 Å². The smallest absolute Gasteiger partial charge is 0.328 e. The monoisotopic (exact) mass is 286 g/mol. The molecule has 0 saturated carbocycles. The molecule has 0 fully saturated rings. The second-order valence-corrected chi connectivity index (χ2v) is 5.22. The number of Topliss-reactive ketones (excluding diaryl/α,β-unsaturated/α-hetero) is 1. The summed E-state index contributed by atoms with van der Waals surface area (Å²) < 4.78 is 1.36. The molecule has 21 heavy (non-hydrogen) atoms. The molecule has 1 atom stereocenters. The van der Waals surface area contributed by atoms with E-state index in [2.05, 4.69) is 5.10 Å². The fourth-order valence-electron chi connectivity index (χ4n) is 2.06. The van der Waals surface area contributed by atoms with Crippen LogP contribution in [-0.2, 0) is 4.79 Å². The summed E-state index contributed by atoms with van der Waals surface area (Å²) in [6.07, 6.45) is 1.55. The van der Waals surface area contributed by atoms with Gasteiger partial charge in [0.15, 0.2) is 11.8 Å². The lowest BCUT2D eigenvalue weighted by molar-refractivity contribution is -0.141. The molecule has 110 valence electrons. The van der Waals surface area contributed by atoms with Gasteiger partial charge in [-0.15, -0.1) is 0 Å². The Morgan fingerprint density at radius 2 is 1.81 bits per heavy atom. The van der Waals surface area contributed by atoms with Crippen molar-refractivity contribution in [2.24, 2.45) is 0 Å². The van der Waals surface area contributed by atoms with Crippen molar-refractivity contribution in [3.05, 3.63) is 52.8 Å². The van der Waals surface area contributed by atoms with Crippen molar-refractivity contribution in [3.63, 3.8) is 0 Å². The number of carbonyl (C=O) groups excluding carboxylic acids is 1. The minimum absolute atomic E-state index is 0.112. The standard InChI is InChI=1S/C16H18N2O3/c1-10-4-6-13(7-5-10)15(19)8-14(16(20)21)18-9-11(2)12(3)17-18/h4-7,9,14H,8H2,1-3H3,(H,20,21)/t14-/m0/s1. The normalized spacial score (nSPS) is 12.1. The lowest BCUT2D eigenvalue weighted by atomic mass is 10.0. The average molecular weight is 286 g/mol. The largest absolute Gasteiger partial charge is 0.480 e. The Kier molecular flexibility index (Phi) is 4.21. The second kappa shape index (κ2) is 5.91. The molecule has 0 aliphatic rings. The zero-order chi connectivity index (χ0) is 15.6. The fraction of sp³-hybridized carbons (Fsp3) is 0.312. The lowest BCUT2D eigenvalue weighted by Gasteiger charge is -2.12. The van der Waals surface area contributed by atoms with Crippen molar-refractivity contribution < 1.29 is 14.7 Å². The summed E-state index contributed by atoms with van der Waals surface area (Å²) in [7, 11) is 0. The molecular weight excluding hydrogens is 268 g/mol. The van der Waals surface area contributed by atoms with Gasteiger partial charge >= 0.3 is 5.97 Å². The molecule has 0 bridgehead atoms. The van der Waals surface area contributed by atoms with Crippen LogP contribution >= 0.6 is 0 Å². The van der Waals surface area contributed by atoms with Crippen molar-refractivity contribution >= 4 is 11.8 Å². The first kappa shape index (κ1) is 15.0. The van der Waals surface area contributed by atoms with E-state index in [9.17, 15) is 14.7 Å². The molecule has 1 aromatic heterocycles. The van der Waals surface area contributed by atoms with Gasteiger partial charge in [0, 0.05) is 18.2 Å². The van der Waals surface area contributed by atoms with Gasteiger partial charge in [-0.25, -0.2) is 4.79 Å². The van der Waals surface area contributed by atoms with E-state index in [0.29, 0.717) is 5.56 Å². The SMILES string of the molecule is Cc1ccc(C(=O)C[C@@H](C(=O)O)n2cc(C)c(C)n2)cc1. The van der Waals surface area contributed by atoms with Gasteiger partial charge in [0.25, 0.3) is 0 Å². The summed E-state index contributed by atoms with van der Waals surface area (Å²) in [4.78, 5) is 23.7. The van der Waals surface area contributed by atoms with Crippen molar-refractivity contribution in [1.82, 2.24) is 9.78 Å². The van der Waals surface area contributed by atoms with Gasteiger partial charge in [-0.05, 0) is 26.3 Å². The minimum atomic E-state index is -1.06. The van der Waals surface area contributed by atoms with Crippen molar-refractivity contribution in [3.8, 4) is 0 Å². The van der Waals surface area contributed by atoms with Crippen LogP contribution < -0.4 is 0 Å². The van der Waals surface area contributed by atoms with E-state index in [1.807, 2.05) is 32.9 Å². The fourth-order valence-corrected chi connectivity index (χ4v) is 2.06. The first-order chi connectivity index (χ1) is 9.88. The van der Waals surface area contributed by atoms with E-state index in [-0.39, 0.29) is 12.2 Å². The summed E-state index contributed by atoms with van der Waals surface area (Å²) in [5.74, 6) is -1.26. The summed E-state index contributed by atoms with van der Waals surface area (Å²) in [5.41, 5.74) is 3.25. The molecule has 0 aliphatic heterocycles. The van der Waals surface area contributed by atoms with Gasteiger partial charge in [0.2, 0.25) is 0 Å². The minimum Gasteiger partial charge on any atom is -0.480 e. The number of nitrogens with zero attached hydrogens (tertiary/aromatic N) is 2. The Morgan fingerprint density at radius 1 is 1.19 bits per heavy atom. The van der Waals surface area contributed by atoms with Crippen LogP contribution in [0.4, 0.5) is 0 Å². The number of aliphatic carboxylic acids is 1. The highest BCUT2D eigenvalue weighted by Crippen LogP contribution is 2.18. The van der Waals surface area contributed by atoms with Crippen molar-refractivity contribution in [2.45, 2.75) is 33.2 Å². The molecule has 2 rings (SSSR count). The number of benzene rings is 1. The average Bonchev–Trinajstić information content (AvgIpc) is 2.75. The van der Waals surface area contributed by atoms with Gasteiger partial charge in [0.1, 0.15) is 0 Å². The zero-order valence-electron chi connectivity index (χ0n) is 12.3. The molecule has 0 unspecified atom stereocenters. The van der Waals surface area contributed by atoms with Gasteiger partial charge in [-0.2, -0.15) is 5.10 Å². The maximum absolute atomic E-state index is 12.2. The Bertz CT molecular complexity index is 652. The van der Waals surface area contributed by atoms with Crippen LogP contribution in [-0.4, -0.2) is 26.6 Å². The highest BCUT2D eigenvalue weighted by atomic mass is 16.4. The molecule has 1 N–H and O–H groups in total. The number of hydrogen-bond acceptors (Lipinski definition) is 3.